The number of rotatable bonds is 2. The van der Waals surface area contributed by atoms with Gasteiger partial charge < -0.3 is 4.90 Å². The molecule has 0 unspecified atom stereocenters. The average Bonchev–Trinajstić information content (AvgIpc) is 2.90. The van der Waals surface area contributed by atoms with Crippen molar-refractivity contribution in [3.8, 4) is 0 Å². The van der Waals surface area contributed by atoms with E-state index in [0.717, 1.165) is 24.4 Å². The fraction of sp³-hybridized carbons (Fsp3) is 0.667. The van der Waals surface area contributed by atoms with E-state index in [0.29, 0.717) is 6.04 Å². The zero-order chi connectivity index (χ0) is 14.4. The third-order valence-corrected chi connectivity index (χ3v) is 4.98. The van der Waals surface area contributed by atoms with Gasteiger partial charge in [-0.25, -0.2) is 0 Å². The van der Waals surface area contributed by atoms with Gasteiger partial charge in [0, 0.05) is 19.1 Å². The minimum Gasteiger partial charge on any atom is -0.365 e. The zero-order valence-electron chi connectivity index (χ0n) is 12.8. The van der Waals surface area contributed by atoms with Crippen LogP contribution in [0.25, 0.3) is 5.65 Å². The van der Waals surface area contributed by atoms with E-state index in [4.69, 9.17) is 0 Å². The second-order valence-electron chi connectivity index (χ2n) is 6.31. The van der Waals surface area contributed by atoms with Gasteiger partial charge in [0.05, 0.1) is 11.4 Å². The van der Waals surface area contributed by atoms with Crippen molar-refractivity contribution in [1.82, 2.24) is 24.7 Å². The van der Waals surface area contributed by atoms with Crippen molar-refractivity contribution in [3.05, 3.63) is 17.6 Å². The van der Waals surface area contributed by atoms with Crippen LogP contribution in [0, 0.1) is 13.8 Å². The summed E-state index contributed by atoms with van der Waals surface area (Å²) in [7, 11) is 0. The third kappa shape index (κ3) is 2.09. The monoisotopic (exact) mass is 286 g/mol. The van der Waals surface area contributed by atoms with Gasteiger partial charge in [0.2, 0.25) is 5.65 Å². The molecule has 4 rings (SSSR count). The summed E-state index contributed by atoms with van der Waals surface area (Å²) in [6, 6.07) is 0.709. The van der Waals surface area contributed by atoms with Crippen LogP contribution in [0.2, 0.25) is 0 Å². The summed E-state index contributed by atoms with van der Waals surface area (Å²) >= 11 is 0. The van der Waals surface area contributed by atoms with Gasteiger partial charge in [0.1, 0.15) is 6.33 Å². The largest absolute Gasteiger partial charge is 0.365 e. The van der Waals surface area contributed by atoms with Crippen LogP contribution in [-0.4, -0.2) is 56.9 Å². The number of fused-ring (bicyclic) bond motifs is 1. The Morgan fingerprint density at radius 3 is 2.62 bits per heavy atom. The predicted octanol–water partition coefficient (Wildman–Crippen LogP) is 1.42. The molecular weight excluding hydrogens is 264 g/mol. The van der Waals surface area contributed by atoms with Crippen LogP contribution >= 0.6 is 0 Å². The molecule has 2 aromatic heterocycles. The topological polar surface area (TPSA) is 49.6 Å². The lowest BCUT2D eigenvalue weighted by Gasteiger charge is -2.48. The molecule has 6 nitrogen and oxygen atoms in total. The van der Waals surface area contributed by atoms with Crippen LogP contribution < -0.4 is 4.90 Å². The molecule has 2 aliphatic heterocycles. The van der Waals surface area contributed by atoms with Gasteiger partial charge >= 0.3 is 0 Å². The number of aromatic nitrogens is 4. The molecule has 0 bridgehead atoms. The molecule has 2 aliphatic rings. The Kier molecular flexibility index (Phi) is 3.06. The number of likely N-dealkylation sites (tertiary alicyclic amines) is 1. The van der Waals surface area contributed by atoms with Crippen molar-refractivity contribution in [2.75, 3.05) is 31.1 Å². The molecule has 0 saturated carbocycles. The molecule has 0 radical (unpaired) electrons. The van der Waals surface area contributed by atoms with E-state index >= 15 is 0 Å². The fourth-order valence-corrected chi connectivity index (χ4v) is 3.57. The number of hydrogen-bond donors (Lipinski definition) is 0. The van der Waals surface area contributed by atoms with Gasteiger partial charge in [0.25, 0.3) is 0 Å². The minimum atomic E-state index is 0.709. The fourth-order valence-electron chi connectivity index (χ4n) is 3.57. The van der Waals surface area contributed by atoms with Gasteiger partial charge in [-0.05, 0) is 45.3 Å². The first-order valence-electron chi connectivity index (χ1n) is 7.90. The average molecular weight is 286 g/mol. The van der Waals surface area contributed by atoms with Crippen LogP contribution in [0.1, 0.15) is 30.5 Å². The van der Waals surface area contributed by atoms with E-state index in [1.54, 1.807) is 10.8 Å². The normalized spacial score (nSPS) is 21.0. The summed E-state index contributed by atoms with van der Waals surface area (Å²) in [5.41, 5.74) is 4.38. The third-order valence-electron chi connectivity index (χ3n) is 4.98. The lowest BCUT2D eigenvalue weighted by atomic mass is 10.0. The Morgan fingerprint density at radius 2 is 1.86 bits per heavy atom. The van der Waals surface area contributed by atoms with Crippen LogP contribution in [0.4, 0.5) is 5.69 Å². The molecule has 4 heterocycles. The Bertz CT molecular complexity index is 651. The zero-order valence-corrected chi connectivity index (χ0v) is 12.8. The van der Waals surface area contributed by atoms with E-state index in [1.807, 2.05) is 0 Å². The first-order valence-corrected chi connectivity index (χ1v) is 7.90. The van der Waals surface area contributed by atoms with E-state index in [2.05, 4.69) is 38.9 Å². The van der Waals surface area contributed by atoms with Crippen LogP contribution in [0.5, 0.6) is 0 Å². The summed E-state index contributed by atoms with van der Waals surface area (Å²) in [6.45, 7) is 8.95. The maximum atomic E-state index is 4.50. The molecule has 0 aromatic carbocycles. The smallest absolute Gasteiger partial charge is 0.201 e. The molecule has 0 N–H and O–H groups in total. The summed E-state index contributed by atoms with van der Waals surface area (Å²) < 4.78 is 1.80. The lowest BCUT2D eigenvalue weighted by molar-refractivity contribution is 0.139. The van der Waals surface area contributed by atoms with Crippen molar-refractivity contribution in [3.63, 3.8) is 0 Å². The highest BCUT2D eigenvalue weighted by atomic mass is 15.4. The highest BCUT2D eigenvalue weighted by Crippen LogP contribution is 2.31. The first kappa shape index (κ1) is 13.0. The van der Waals surface area contributed by atoms with Crippen molar-refractivity contribution in [1.29, 1.82) is 0 Å². The molecule has 0 atom stereocenters. The number of nitrogens with zero attached hydrogens (tertiary/aromatic N) is 6. The summed E-state index contributed by atoms with van der Waals surface area (Å²) in [6.07, 6.45) is 5.81. The van der Waals surface area contributed by atoms with Crippen molar-refractivity contribution in [2.45, 2.75) is 39.2 Å². The maximum Gasteiger partial charge on any atom is 0.201 e. The highest BCUT2D eigenvalue weighted by molar-refractivity contribution is 5.73. The summed E-state index contributed by atoms with van der Waals surface area (Å²) in [4.78, 5) is 5.09. The van der Waals surface area contributed by atoms with E-state index in [1.165, 1.54) is 43.6 Å². The van der Waals surface area contributed by atoms with Crippen LogP contribution in [0.3, 0.4) is 0 Å². The molecular formula is C15H22N6. The number of piperidine rings is 1. The second kappa shape index (κ2) is 4.94. The first-order chi connectivity index (χ1) is 10.2. The van der Waals surface area contributed by atoms with Crippen LogP contribution in [0.15, 0.2) is 6.33 Å². The minimum absolute atomic E-state index is 0.709. The van der Waals surface area contributed by atoms with Crippen molar-refractivity contribution in [2.24, 2.45) is 0 Å². The SMILES string of the molecule is Cc1nn2cnnc2c(N2CC(N3CCCCC3)C2)c1C. The molecule has 0 amide bonds. The Labute approximate surface area is 124 Å². The molecule has 0 aliphatic carbocycles. The van der Waals surface area contributed by atoms with E-state index in [9.17, 15) is 0 Å². The Hall–Kier alpha value is -1.69. The van der Waals surface area contributed by atoms with E-state index < -0.39 is 0 Å². The predicted molar refractivity (Wildman–Crippen MR) is 81.7 cm³/mol. The van der Waals surface area contributed by atoms with Gasteiger partial charge in [-0.3, -0.25) is 4.90 Å². The van der Waals surface area contributed by atoms with Gasteiger partial charge in [-0.2, -0.15) is 9.61 Å². The number of hydrogen-bond acceptors (Lipinski definition) is 5. The summed E-state index contributed by atoms with van der Waals surface area (Å²) in [5, 5.41) is 12.8. The van der Waals surface area contributed by atoms with Gasteiger partial charge in [-0.15, -0.1) is 10.2 Å². The van der Waals surface area contributed by atoms with E-state index in [-0.39, 0.29) is 0 Å². The molecule has 21 heavy (non-hydrogen) atoms. The number of anilines is 1. The van der Waals surface area contributed by atoms with Gasteiger partial charge in [0.15, 0.2) is 0 Å². The molecule has 2 saturated heterocycles. The summed E-state index contributed by atoms with van der Waals surface area (Å²) in [5.74, 6) is 0. The van der Waals surface area contributed by atoms with Crippen LogP contribution in [-0.2, 0) is 0 Å². The molecule has 0 spiro atoms. The number of aryl methyl sites for hydroxylation is 1. The molecule has 6 heteroatoms. The molecule has 2 fully saturated rings. The van der Waals surface area contributed by atoms with Crippen molar-refractivity contribution >= 4 is 11.3 Å². The molecule has 112 valence electrons. The lowest BCUT2D eigenvalue weighted by Crippen LogP contribution is -2.60. The molecule has 2 aromatic rings. The van der Waals surface area contributed by atoms with Gasteiger partial charge in [-0.1, -0.05) is 6.42 Å². The van der Waals surface area contributed by atoms with Crippen molar-refractivity contribution < 1.29 is 0 Å². The standard InChI is InChI=1S/C15H22N6/c1-11-12(2)18-21-10-16-17-15(21)14(11)20-8-13(9-20)19-6-4-3-5-7-19/h10,13H,3-9H2,1-2H3. The Balaban J connectivity index is 1.58. The maximum absolute atomic E-state index is 4.50. The quantitative estimate of drug-likeness (QED) is 0.835. The highest BCUT2D eigenvalue weighted by Gasteiger charge is 2.34. The Morgan fingerprint density at radius 1 is 1.10 bits per heavy atom. The second-order valence-corrected chi connectivity index (χ2v) is 6.31.